The number of nitrogens with two attached hydrogens (primary N) is 1. The molecule has 1 aromatic heterocycles. The molecule has 10 heteroatoms. The van der Waals surface area contributed by atoms with E-state index in [9.17, 15) is 4.39 Å². The monoisotopic (exact) mass is 367 g/mol. The normalized spacial score (nSPS) is 14.5. The highest BCUT2D eigenvalue weighted by atomic mass is 32.2. The molecule has 24 heavy (non-hydrogen) atoms. The van der Waals surface area contributed by atoms with Crippen LogP contribution in [0.25, 0.3) is 0 Å². The highest BCUT2D eigenvalue weighted by Crippen LogP contribution is 2.26. The molecule has 2 heterocycles. The molecular weight excluding hydrogens is 349 g/mol. The third-order valence-electron chi connectivity index (χ3n) is 3.67. The van der Waals surface area contributed by atoms with Gasteiger partial charge in [-0.15, -0.1) is 5.10 Å². The number of thiocarbonyl (C=S) groups is 1. The number of aromatic nitrogens is 3. The quantitative estimate of drug-likeness (QED) is 0.423. The van der Waals surface area contributed by atoms with Gasteiger partial charge in [0.1, 0.15) is 11.5 Å². The number of hydrogen-bond acceptors (Lipinski definition) is 6. The third-order valence-corrected chi connectivity index (χ3v) is 4.95. The molecule has 128 valence electrons. The van der Waals surface area contributed by atoms with Crippen molar-refractivity contribution in [2.75, 3.05) is 34.5 Å². The summed E-state index contributed by atoms with van der Waals surface area (Å²) in [5.41, 5.74) is 1.80. The van der Waals surface area contributed by atoms with E-state index in [0.29, 0.717) is 23.6 Å². The van der Waals surface area contributed by atoms with Gasteiger partial charge in [0, 0.05) is 36.9 Å². The van der Waals surface area contributed by atoms with Gasteiger partial charge in [-0.05, 0) is 24.4 Å². The van der Waals surface area contributed by atoms with Crippen LogP contribution in [0, 0.1) is 5.82 Å². The van der Waals surface area contributed by atoms with Gasteiger partial charge in [-0.25, -0.2) is 10.2 Å². The maximum absolute atomic E-state index is 14.5. The largest absolute Gasteiger partial charge is 0.368 e. The van der Waals surface area contributed by atoms with E-state index in [0.717, 1.165) is 24.6 Å². The van der Waals surface area contributed by atoms with E-state index < -0.39 is 0 Å². The van der Waals surface area contributed by atoms with E-state index in [2.05, 4.69) is 25.6 Å². The Morgan fingerprint density at radius 1 is 1.46 bits per heavy atom. The van der Waals surface area contributed by atoms with Crippen molar-refractivity contribution >= 4 is 40.5 Å². The average molecular weight is 367 g/mol. The molecule has 1 fully saturated rings. The number of aromatic amines is 1. The molecule has 0 atom stereocenters. The lowest BCUT2D eigenvalue weighted by Crippen LogP contribution is -2.44. The molecule has 4 N–H and O–H groups in total. The first-order valence-corrected chi connectivity index (χ1v) is 9.01. The van der Waals surface area contributed by atoms with E-state index >= 15 is 0 Å². The highest BCUT2D eigenvalue weighted by molar-refractivity contribution is 7.99. The number of nitrogens with zero attached hydrogens (tertiary/aromatic N) is 4. The van der Waals surface area contributed by atoms with Crippen LogP contribution in [-0.2, 0) is 6.54 Å². The number of rotatable bonds is 4. The summed E-state index contributed by atoms with van der Waals surface area (Å²) < 4.78 is 14.5. The molecular formula is C14H18FN7S2. The van der Waals surface area contributed by atoms with Crippen LogP contribution in [0.15, 0.2) is 24.4 Å². The summed E-state index contributed by atoms with van der Waals surface area (Å²) >= 11 is 7.11. The number of hydrazine groups is 1. The van der Waals surface area contributed by atoms with Crippen LogP contribution in [0.5, 0.6) is 0 Å². The van der Waals surface area contributed by atoms with Crippen molar-refractivity contribution in [3.63, 3.8) is 0 Å². The van der Waals surface area contributed by atoms with Gasteiger partial charge in [-0.3, -0.25) is 10.1 Å². The number of nitrogens with one attached hydrogen (secondary N) is 2. The molecule has 0 radical (unpaired) electrons. The molecule has 2 aromatic rings. The second kappa shape index (κ2) is 7.77. The molecule has 0 bridgehead atoms. The Labute approximate surface area is 148 Å². The summed E-state index contributed by atoms with van der Waals surface area (Å²) in [7, 11) is 0. The summed E-state index contributed by atoms with van der Waals surface area (Å²) in [6, 6.07) is 4.92. The fourth-order valence-corrected chi connectivity index (χ4v) is 3.47. The number of halogens is 1. The van der Waals surface area contributed by atoms with Gasteiger partial charge in [0.15, 0.2) is 5.11 Å². The number of benzene rings is 1. The Morgan fingerprint density at radius 2 is 2.25 bits per heavy atom. The van der Waals surface area contributed by atoms with Gasteiger partial charge in [0.05, 0.1) is 17.9 Å². The van der Waals surface area contributed by atoms with Gasteiger partial charge in [0.25, 0.3) is 0 Å². The minimum atomic E-state index is -0.297. The van der Waals surface area contributed by atoms with Gasteiger partial charge in [-0.1, -0.05) is 5.21 Å². The predicted octanol–water partition coefficient (Wildman–Crippen LogP) is 1.25. The van der Waals surface area contributed by atoms with Crippen molar-refractivity contribution in [1.82, 2.24) is 20.7 Å². The summed E-state index contributed by atoms with van der Waals surface area (Å²) in [5.74, 6) is 7.71. The average Bonchev–Trinajstić information content (AvgIpc) is 3.13. The zero-order valence-corrected chi connectivity index (χ0v) is 14.5. The van der Waals surface area contributed by atoms with Crippen LogP contribution < -0.4 is 21.1 Å². The number of H-pyrrole nitrogens is 1. The molecule has 0 saturated carbocycles. The maximum Gasteiger partial charge on any atom is 0.188 e. The second-order valence-corrected chi connectivity index (χ2v) is 6.84. The summed E-state index contributed by atoms with van der Waals surface area (Å²) in [4.78, 5) is 2.05. The predicted molar refractivity (Wildman–Crippen MR) is 98.4 cm³/mol. The number of thioether (sulfide) groups is 1. The Balaban J connectivity index is 1.64. The lowest BCUT2D eigenvalue weighted by Gasteiger charge is -2.29. The van der Waals surface area contributed by atoms with E-state index in [4.69, 9.17) is 18.1 Å². The molecule has 1 aliphatic heterocycles. The fourth-order valence-electron chi connectivity index (χ4n) is 2.39. The Kier molecular flexibility index (Phi) is 5.48. The Morgan fingerprint density at radius 3 is 2.92 bits per heavy atom. The van der Waals surface area contributed by atoms with Gasteiger partial charge in [0.2, 0.25) is 0 Å². The molecule has 1 aromatic carbocycles. The van der Waals surface area contributed by atoms with Crippen LogP contribution in [0.2, 0.25) is 0 Å². The topological polar surface area (TPSA) is 86.1 Å². The van der Waals surface area contributed by atoms with Gasteiger partial charge < -0.3 is 10.2 Å². The van der Waals surface area contributed by atoms with Crippen LogP contribution in [0.4, 0.5) is 15.8 Å². The van der Waals surface area contributed by atoms with Crippen molar-refractivity contribution in [3.8, 4) is 0 Å². The first-order chi connectivity index (χ1) is 11.6. The lowest BCUT2D eigenvalue weighted by molar-refractivity contribution is 0.619. The highest BCUT2D eigenvalue weighted by Gasteiger charge is 2.17. The van der Waals surface area contributed by atoms with Crippen molar-refractivity contribution in [3.05, 3.63) is 35.9 Å². The van der Waals surface area contributed by atoms with Crippen LogP contribution in [0.3, 0.4) is 0 Å². The van der Waals surface area contributed by atoms with E-state index in [1.807, 2.05) is 11.8 Å². The summed E-state index contributed by atoms with van der Waals surface area (Å²) in [6.45, 7) is 2.09. The lowest BCUT2D eigenvalue weighted by atomic mass is 10.2. The van der Waals surface area contributed by atoms with Crippen molar-refractivity contribution in [1.29, 1.82) is 0 Å². The third kappa shape index (κ3) is 3.94. The first kappa shape index (κ1) is 16.9. The minimum Gasteiger partial charge on any atom is -0.368 e. The Bertz CT molecular complexity index is 688. The number of anilines is 2. The van der Waals surface area contributed by atoms with Gasteiger partial charge in [-0.2, -0.15) is 11.8 Å². The van der Waals surface area contributed by atoms with E-state index in [1.165, 1.54) is 11.1 Å². The Hall–Kier alpha value is -1.91. The van der Waals surface area contributed by atoms with Crippen molar-refractivity contribution in [2.24, 2.45) is 5.84 Å². The minimum absolute atomic E-state index is 0.277. The summed E-state index contributed by atoms with van der Waals surface area (Å²) in [5, 5.41) is 14.5. The molecule has 0 amide bonds. The molecule has 0 spiro atoms. The molecule has 1 saturated heterocycles. The standard InChI is InChI=1S/C14H18FN7S2/c15-12-7-11(1-2-13(12)21-3-5-24-6-4-21)22(16)14(23)17-8-10-9-18-20-19-10/h1-2,7,9H,3-6,8,16H2,(H,17,23)(H,18,19,20). The molecule has 7 nitrogen and oxygen atoms in total. The molecule has 3 rings (SSSR count). The van der Waals surface area contributed by atoms with E-state index in [1.54, 1.807) is 18.3 Å². The van der Waals surface area contributed by atoms with Crippen LogP contribution >= 0.6 is 24.0 Å². The fraction of sp³-hybridized carbons (Fsp3) is 0.357. The second-order valence-electron chi connectivity index (χ2n) is 5.23. The number of hydrogen-bond donors (Lipinski definition) is 3. The smallest absolute Gasteiger partial charge is 0.188 e. The summed E-state index contributed by atoms with van der Waals surface area (Å²) in [6.07, 6.45) is 1.65. The first-order valence-electron chi connectivity index (χ1n) is 7.45. The molecule has 1 aliphatic rings. The van der Waals surface area contributed by atoms with Crippen LogP contribution in [-0.4, -0.2) is 45.1 Å². The van der Waals surface area contributed by atoms with Crippen LogP contribution in [0.1, 0.15) is 5.69 Å². The molecule has 0 aliphatic carbocycles. The zero-order chi connectivity index (χ0) is 16.9. The SMILES string of the molecule is NN(C(=S)NCc1c[nH]nn1)c1ccc(N2CCSCC2)c(F)c1. The van der Waals surface area contributed by atoms with Crippen molar-refractivity contribution < 1.29 is 4.39 Å². The van der Waals surface area contributed by atoms with E-state index in [-0.39, 0.29) is 10.9 Å². The van der Waals surface area contributed by atoms with Gasteiger partial charge >= 0.3 is 0 Å². The zero-order valence-electron chi connectivity index (χ0n) is 12.9. The maximum atomic E-state index is 14.5. The molecule has 0 unspecified atom stereocenters. The van der Waals surface area contributed by atoms with Crippen molar-refractivity contribution in [2.45, 2.75) is 6.54 Å².